The Balaban J connectivity index is 1.41. The molecule has 146 valence electrons. The van der Waals surface area contributed by atoms with Crippen LogP contribution in [0.2, 0.25) is 0 Å². The van der Waals surface area contributed by atoms with E-state index >= 15 is 0 Å². The maximum atomic E-state index is 13.0. The normalized spacial score (nSPS) is 20.2. The third-order valence-electron chi connectivity index (χ3n) is 6.02. The molecule has 1 aliphatic rings. The molecule has 1 aromatic carbocycles. The molecule has 2 heterocycles. The van der Waals surface area contributed by atoms with Gasteiger partial charge in [0.1, 0.15) is 5.75 Å². The van der Waals surface area contributed by atoms with Gasteiger partial charge in [-0.1, -0.05) is 44.5 Å². The Morgan fingerprint density at radius 3 is 2.71 bits per heavy atom. The number of Topliss-reactive ketones (excluding diaryl/α,β-unsaturated/α-hetero) is 1. The van der Waals surface area contributed by atoms with E-state index in [0.29, 0.717) is 11.8 Å². The molecule has 1 unspecified atom stereocenters. The molecule has 4 rings (SSSR count). The lowest BCUT2D eigenvalue weighted by molar-refractivity contribution is 0.0346. The summed E-state index contributed by atoms with van der Waals surface area (Å²) in [7, 11) is 0. The number of carbonyl (C=O) groups excluding carboxylic acids is 1. The van der Waals surface area contributed by atoms with Gasteiger partial charge >= 0.3 is 0 Å². The number of fused-ring (bicyclic) bond motifs is 1. The maximum Gasteiger partial charge on any atom is 0.169 e. The third-order valence-corrected chi connectivity index (χ3v) is 6.02. The number of nitrogens with zero attached hydrogens (tertiary/aromatic N) is 2. The van der Waals surface area contributed by atoms with Crippen molar-refractivity contribution in [2.75, 3.05) is 0 Å². The van der Waals surface area contributed by atoms with Gasteiger partial charge in [-0.25, -0.2) is 4.52 Å². The second kappa shape index (κ2) is 7.42. The summed E-state index contributed by atoms with van der Waals surface area (Å²) in [4.78, 5) is 13.0. The quantitative estimate of drug-likeness (QED) is 0.538. The number of benzene rings is 1. The summed E-state index contributed by atoms with van der Waals surface area (Å²) in [6.45, 7) is 8.55. The van der Waals surface area contributed by atoms with Crippen molar-refractivity contribution in [3.63, 3.8) is 0 Å². The van der Waals surface area contributed by atoms with Gasteiger partial charge in [0.25, 0.3) is 0 Å². The van der Waals surface area contributed by atoms with Gasteiger partial charge in [0.15, 0.2) is 5.78 Å². The number of aromatic nitrogens is 2. The molecule has 1 fully saturated rings. The summed E-state index contributed by atoms with van der Waals surface area (Å²) in [5, 5.41) is 4.30. The molecule has 3 aromatic rings. The number of pyridine rings is 1. The van der Waals surface area contributed by atoms with Crippen molar-refractivity contribution in [2.24, 2.45) is 11.8 Å². The van der Waals surface area contributed by atoms with Gasteiger partial charge in [0.05, 0.1) is 23.4 Å². The van der Waals surface area contributed by atoms with Crippen molar-refractivity contribution in [3.8, 4) is 5.75 Å². The van der Waals surface area contributed by atoms with Crippen LogP contribution in [-0.2, 0) is 0 Å². The van der Waals surface area contributed by atoms with Crippen LogP contribution in [0.15, 0.2) is 48.8 Å². The predicted molar refractivity (Wildman–Crippen MR) is 111 cm³/mol. The highest BCUT2D eigenvalue weighted by Crippen LogP contribution is 2.39. The lowest BCUT2D eigenvalue weighted by Gasteiger charge is -2.39. The van der Waals surface area contributed by atoms with Crippen LogP contribution in [0.3, 0.4) is 0 Å². The molecular formula is C24H28N2O2. The fraction of sp³-hybridized carbons (Fsp3) is 0.417. The van der Waals surface area contributed by atoms with Crippen molar-refractivity contribution in [1.29, 1.82) is 0 Å². The van der Waals surface area contributed by atoms with E-state index in [1.54, 1.807) is 10.7 Å². The molecule has 0 radical (unpaired) electrons. The summed E-state index contributed by atoms with van der Waals surface area (Å²) in [5.41, 5.74) is 4.12. The van der Waals surface area contributed by atoms with Gasteiger partial charge in [0, 0.05) is 12.1 Å². The fourth-order valence-electron chi connectivity index (χ4n) is 4.10. The van der Waals surface area contributed by atoms with Crippen molar-refractivity contribution >= 4 is 11.3 Å². The van der Waals surface area contributed by atoms with Crippen molar-refractivity contribution in [3.05, 3.63) is 65.5 Å². The van der Waals surface area contributed by atoms with Crippen molar-refractivity contribution < 1.29 is 9.53 Å². The number of ether oxygens (including phenoxy) is 1. The van der Waals surface area contributed by atoms with Gasteiger partial charge in [-0.05, 0) is 55.4 Å². The number of hydrogen-bond donors (Lipinski definition) is 0. The Morgan fingerprint density at radius 1 is 1.18 bits per heavy atom. The van der Waals surface area contributed by atoms with Gasteiger partial charge in [-0.2, -0.15) is 5.10 Å². The van der Waals surface area contributed by atoms with E-state index < -0.39 is 0 Å². The van der Waals surface area contributed by atoms with Gasteiger partial charge in [-0.3, -0.25) is 4.79 Å². The summed E-state index contributed by atoms with van der Waals surface area (Å²) < 4.78 is 8.05. The van der Waals surface area contributed by atoms with E-state index in [0.717, 1.165) is 29.7 Å². The Hall–Kier alpha value is -2.62. The maximum absolute atomic E-state index is 13.0. The molecule has 28 heavy (non-hydrogen) atoms. The van der Waals surface area contributed by atoms with Crippen LogP contribution >= 0.6 is 0 Å². The first-order valence-corrected chi connectivity index (χ1v) is 10.2. The fourth-order valence-corrected chi connectivity index (χ4v) is 4.10. The first kappa shape index (κ1) is 18.7. The zero-order valence-electron chi connectivity index (χ0n) is 17.1. The SMILES string of the molecule is Cc1ccc(OC2CC(C(C)C(=O)c3cnn4ccccc34)C2)c(C(C)C)c1. The first-order valence-electron chi connectivity index (χ1n) is 10.2. The molecule has 4 nitrogen and oxygen atoms in total. The van der Waals surface area contributed by atoms with Crippen LogP contribution in [0.5, 0.6) is 5.75 Å². The summed E-state index contributed by atoms with van der Waals surface area (Å²) in [6, 6.07) is 12.2. The largest absolute Gasteiger partial charge is 0.490 e. The lowest BCUT2D eigenvalue weighted by Crippen LogP contribution is -2.39. The molecule has 1 atom stereocenters. The van der Waals surface area contributed by atoms with Crippen LogP contribution in [0.4, 0.5) is 0 Å². The Bertz CT molecular complexity index is 999. The molecule has 0 spiro atoms. The number of hydrogen-bond acceptors (Lipinski definition) is 3. The van der Waals surface area contributed by atoms with E-state index in [1.165, 1.54) is 11.1 Å². The minimum atomic E-state index is -0.0179. The highest BCUT2D eigenvalue weighted by molar-refractivity contribution is 6.03. The molecule has 0 N–H and O–H groups in total. The van der Waals surface area contributed by atoms with Crippen LogP contribution in [0.1, 0.15) is 61.0 Å². The average molecular weight is 377 g/mol. The Kier molecular flexibility index (Phi) is 4.96. The molecular weight excluding hydrogens is 348 g/mol. The number of aryl methyl sites for hydroxylation is 1. The lowest BCUT2D eigenvalue weighted by atomic mass is 9.72. The van der Waals surface area contributed by atoms with Gasteiger partial charge in [-0.15, -0.1) is 0 Å². The monoisotopic (exact) mass is 376 g/mol. The standard InChI is InChI=1S/C24H28N2O2/c1-15(2)20-11-16(3)8-9-23(20)28-19-12-18(13-19)17(4)24(27)21-14-25-26-10-6-5-7-22(21)26/h5-11,14-15,17-19H,12-13H2,1-4H3. The average Bonchev–Trinajstić information content (AvgIpc) is 3.08. The number of ketones is 1. The molecule has 0 saturated heterocycles. The summed E-state index contributed by atoms with van der Waals surface area (Å²) >= 11 is 0. The molecule has 0 amide bonds. The Labute approximate surface area is 166 Å². The van der Waals surface area contributed by atoms with E-state index in [4.69, 9.17) is 4.74 Å². The molecule has 2 aromatic heterocycles. The second-order valence-electron chi connectivity index (χ2n) is 8.41. The Morgan fingerprint density at radius 2 is 1.96 bits per heavy atom. The van der Waals surface area contributed by atoms with Gasteiger partial charge in [0.2, 0.25) is 0 Å². The van der Waals surface area contributed by atoms with Crippen LogP contribution in [0.25, 0.3) is 5.52 Å². The molecule has 1 aliphatic carbocycles. The van der Waals surface area contributed by atoms with E-state index in [-0.39, 0.29) is 17.8 Å². The van der Waals surface area contributed by atoms with Crippen molar-refractivity contribution in [1.82, 2.24) is 9.61 Å². The van der Waals surface area contributed by atoms with E-state index in [9.17, 15) is 4.79 Å². The molecule has 0 aliphatic heterocycles. The minimum absolute atomic E-state index is 0.0179. The third kappa shape index (κ3) is 3.44. The van der Waals surface area contributed by atoms with Crippen LogP contribution in [-0.4, -0.2) is 21.5 Å². The van der Waals surface area contributed by atoms with Gasteiger partial charge < -0.3 is 4.74 Å². The number of rotatable bonds is 6. The van der Waals surface area contributed by atoms with Crippen LogP contribution in [0, 0.1) is 18.8 Å². The van der Waals surface area contributed by atoms with Crippen LogP contribution < -0.4 is 4.74 Å². The van der Waals surface area contributed by atoms with E-state index in [2.05, 4.69) is 44.1 Å². The molecule has 0 bridgehead atoms. The van der Waals surface area contributed by atoms with E-state index in [1.807, 2.05) is 31.3 Å². The first-order chi connectivity index (χ1) is 13.4. The van der Waals surface area contributed by atoms with Crippen molar-refractivity contribution in [2.45, 2.75) is 52.6 Å². The summed E-state index contributed by atoms with van der Waals surface area (Å²) in [6.07, 6.45) is 5.62. The summed E-state index contributed by atoms with van der Waals surface area (Å²) in [5.74, 6) is 1.95. The highest BCUT2D eigenvalue weighted by Gasteiger charge is 2.38. The zero-order valence-corrected chi connectivity index (χ0v) is 17.1. The highest BCUT2D eigenvalue weighted by atomic mass is 16.5. The molecule has 1 saturated carbocycles. The second-order valence-corrected chi connectivity index (χ2v) is 8.41. The topological polar surface area (TPSA) is 43.6 Å². The minimum Gasteiger partial charge on any atom is -0.490 e. The number of carbonyl (C=O) groups is 1. The molecule has 4 heteroatoms. The smallest absolute Gasteiger partial charge is 0.169 e. The zero-order chi connectivity index (χ0) is 19.8. The predicted octanol–water partition coefficient (Wildman–Crippen LogP) is 5.44.